The Labute approximate surface area is 99.6 Å². The molecule has 1 heterocycles. The maximum absolute atomic E-state index is 5.79. The lowest BCUT2D eigenvalue weighted by molar-refractivity contribution is 0.255. The zero-order valence-corrected chi connectivity index (χ0v) is 10.8. The van der Waals surface area contributed by atoms with Gasteiger partial charge in [0.1, 0.15) is 0 Å². The number of rotatable bonds is 8. The Morgan fingerprint density at radius 2 is 1.87 bits per heavy atom. The number of hydrogen-bond acceptors (Lipinski definition) is 2. The van der Waals surface area contributed by atoms with Crippen molar-refractivity contribution in [2.24, 2.45) is 0 Å². The van der Waals surface area contributed by atoms with E-state index in [9.17, 15) is 0 Å². The van der Waals surface area contributed by atoms with Crippen LogP contribution in [0.5, 0.6) is 0 Å². The lowest BCUT2D eigenvalue weighted by Gasteiger charge is -2.22. The quantitative estimate of drug-likeness (QED) is 0.594. The summed E-state index contributed by atoms with van der Waals surface area (Å²) in [6, 6.07) is 0. The summed E-state index contributed by atoms with van der Waals surface area (Å²) < 4.78 is 0. The van der Waals surface area contributed by atoms with Gasteiger partial charge >= 0.3 is 0 Å². The first kappa shape index (κ1) is 13.3. The van der Waals surface area contributed by atoms with Gasteiger partial charge in [-0.05, 0) is 58.4 Å². The zero-order valence-electron chi connectivity index (χ0n) is 10.1. The van der Waals surface area contributed by atoms with Crippen LogP contribution >= 0.6 is 11.6 Å². The first-order valence-corrected chi connectivity index (χ1v) is 6.91. The second-order valence-electron chi connectivity index (χ2n) is 4.43. The molecule has 0 aromatic rings. The van der Waals surface area contributed by atoms with Crippen molar-refractivity contribution in [1.29, 1.82) is 0 Å². The molecule has 2 nitrogen and oxygen atoms in total. The van der Waals surface area contributed by atoms with Crippen LogP contribution in [0, 0.1) is 0 Å². The van der Waals surface area contributed by atoms with Crippen molar-refractivity contribution in [1.82, 2.24) is 9.80 Å². The minimum Gasteiger partial charge on any atom is -0.303 e. The Kier molecular flexibility index (Phi) is 7.41. The van der Waals surface area contributed by atoms with E-state index >= 15 is 0 Å². The van der Waals surface area contributed by atoms with Crippen molar-refractivity contribution in [3.8, 4) is 0 Å². The predicted octanol–water partition coefficient (Wildman–Crippen LogP) is 2.42. The molecule has 0 atom stereocenters. The molecule has 0 N–H and O–H groups in total. The van der Waals surface area contributed by atoms with E-state index in [1.807, 2.05) is 0 Å². The van der Waals surface area contributed by atoms with Gasteiger partial charge in [-0.25, -0.2) is 0 Å². The van der Waals surface area contributed by atoms with E-state index in [4.69, 9.17) is 11.6 Å². The van der Waals surface area contributed by atoms with Crippen molar-refractivity contribution < 1.29 is 0 Å². The van der Waals surface area contributed by atoms with Crippen molar-refractivity contribution in [2.75, 3.05) is 45.1 Å². The molecule has 1 aliphatic rings. The molecule has 0 spiro atoms. The zero-order chi connectivity index (χ0) is 10.9. The van der Waals surface area contributed by atoms with Crippen molar-refractivity contribution >= 4 is 11.6 Å². The first-order valence-electron chi connectivity index (χ1n) is 6.37. The van der Waals surface area contributed by atoms with E-state index in [1.54, 1.807) is 0 Å². The molecule has 0 saturated carbocycles. The number of likely N-dealkylation sites (tertiary alicyclic amines) is 1. The highest BCUT2D eigenvalue weighted by Gasteiger charge is 2.11. The Bertz CT molecular complexity index is 141. The van der Waals surface area contributed by atoms with Crippen LogP contribution in [0.2, 0.25) is 0 Å². The van der Waals surface area contributed by atoms with E-state index in [0.29, 0.717) is 0 Å². The summed E-state index contributed by atoms with van der Waals surface area (Å²) in [5.41, 5.74) is 0. The fourth-order valence-corrected chi connectivity index (χ4v) is 2.53. The molecular weight excluding hydrogens is 208 g/mol. The molecule has 15 heavy (non-hydrogen) atoms. The molecule has 90 valence electrons. The molecule has 3 heteroatoms. The van der Waals surface area contributed by atoms with Crippen molar-refractivity contribution in [3.05, 3.63) is 0 Å². The second kappa shape index (κ2) is 8.37. The average molecular weight is 233 g/mol. The van der Waals surface area contributed by atoms with Gasteiger partial charge in [-0.3, -0.25) is 0 Å². The topological polar surface area (TPSA) is 6.48 Å². The standard InChI is InChI=1S/C12H25ClN2/c1-2-7-14(12-6-13)10-5-11-15-8-3-4-9-15/h2-12H2,1H3. The monoisotopic (exact) mass is 232 g/mol. The predicted molar refractivity (Wildman–Crippen MR) is 67.7 cm³/mol. The molecule has 0 unspecified atom stereocenters. The normalized spacial score (nSPS) is 17.8. The number of alkyl halides is 1. The fourth-order valence-electron chi connectivity index (χ4n) is 2.30. The van der Waals surface area contributed by atoms with Gasteiger partial charge in [0.25, 0.3) is 0 Å². The summed E-state index contributed by atoms with van der Waals surface area (Å²) in [7, 11) is 0. The summed E-state index contributed by atoms with van der Waals surface area (Å²) in [5.74, 6) is 0.768. The third kappa shape index (κ3) is 5.74. The number of nitrogens with zero attached hydrogens (tertiary/aromatic N) is 2. The molecule has 0 radical (unpaired) electrons. The van der Waals surface area contributed by atoms with Gasteiger partial charge in [0.15, 0.2) is 0 Å². The molecule has 0 bridgehead atoms. The Hall–Kier alpha value is 0.210. The highest BCUT2D eigenvalue weighted by atomic mass is 35.5. The molecule has 1 rings (SSSR count). The fraction of sp³-hybridized carbons (Fsp3) is 1.00. The van der Waals surface area contributed by atoms with Gasteiger partial charge in [-0.15, -0.1) is 11.6 Å². The second-order valence-corrected chi connectivity index (χ2v) is 4.81. The summed E-state index contributed by atoms with van der Waals surface area (Å²) in [5, 5.41) is 0. The lowest BCUT2D eigenvalue weighted by atomic mass is 10.3. The maximum Gasteiger partial charge on any atom is 0.0351 e. The minimum atomic E-state index is 0.768. The van der Waals surface area contributed by atoms with Crippen LogP contribution in [0.25, 0.3) is 0 Å². The largest absolute Gasteiger partial charge is 0.303 e. The SMILES string of the molecule is CCCN(CCCl)CCCN1CCCC1. The van der Waals surface area contributed by atoms with Crippen LogP contribution in [0.15, 0.2) is 0 Å². The van der Waals surface area contributed by atoms with Gasteiger partial charge < -0.3 is 9.80 Å². The van der Waals surface area contributed by atoms with Gasteiger partial charge in [0, 0.05) is 12.4 Å². The molecule has 0 aliphatic carbocycles. The van der Waals surface area contributed by atoms with Crippen LogP contribution in [0.3, 0.4) is 0 Å². The van der Waals surface area contributed by atoms with E-state index < -0.39 is 0 Å². The molecule has 0 amide bonds. The third-order valence-corrected chi connectivity index (χ3v) is 3.26. The van der Waals surface area contributed by atoms with Gasteiger partial charge in [-0.1, -0.05) is 6.92 Å². The third-order valence-electron chi connectivity index (χ3n) is 3.09. The Morgan fingerprint density at radius 1 is 1.13 bits per heavy atom. The molecule has 1 aliphatic heterocycles. The van der Waals surface area contributed by atoms with Crippen LogP contribution < -0.4 is 0 Å². The highest BCUT2D eigenvalue weighted by molar-refractivity contribution is 6.18. The number of halogens is 1. The molecule has 1 saturated heterocycles. The lowest BCUT2D eigenvalue weighted by Crippen LogP contribution is -2.30. The van der Waals surface area contributed by atoms with Crippen LogP contribution in [0.4, 0.5) is 0 Å². The first-order chi connectivity index (χ1) is 7.36. The molecule has 1 fully saturated rings. The van der Waals surface area contributed by atoms with Crippen molar-refractivity contribution in [2.45, 2.75) is 32.6 Å². The summed E-state index contributed by atoms with van der Waals surface area (Å²) in [4.78, 5) is 5.08. The molecular formula is C12H25ClN2. The molecule has 0 aromatic heterocycles. The Morgan fingerprint density at radius 3 is 2.47 bits per heavy atom. The van der Waals surface area contributed by atoms with Crippen LogP contribution in [-0.4, -0.2) is 54.9 Å². The number of hydrogen-bond donors (Lipinski definition) is 0. The molecule has 0 aromatic carbocycles. The van der Waals surface area contributed by atoms with E-state index in [1.165, 1.54) is 58.4 Å². The van der Waals surface area contributed by atoms with Gasteiger partial charge in [0.05, 0.1) is 0 Å². The average Bonchev–Trinajstić information content (AvgIpc) is 2.71. The van der Waals surface area contributed by atoms with E-state index in [2.05, 4.69) is 16.7 Å². The smallest absolute Gasteiger partial charge is 0.0351 e. The van der Waals surface area contributed by atoms with E-state index in [0.717, 1.165) is 12.4 Å². The van der Waals surface area contributed by atoms with Crippen LogP contribution in [-0.2, 0) is 0 Å². The summed E-state index contributed by atoms with van der Waals surface area (Å²) in [6.07, 6.45) is 5.35. The highest BCUT2D eigenvalue weighted by Crippen LogP contribution is 2.07. The van der Waals surface area contributed by atoms with Gasteiger partial charge in [0.2, 0.25) is 0 Å². The van der Waals surface area contributed by atoms with Crippen molar-refractivity contribution in [3.63, 3.8) is 0 Å². The maximum atomic E-state index is 5.79. The summed E-state index contributed by atoms with van der Waals surface area (Å²) in [6.45, 7) is 9.63. The minimum absolute atomic E-state index is 0.768. The Balaban J connectivity index is 2.04. The summed E-state index contributed by atoms with van der Waals surface area (Å²) >= 11 is 5.79. The van der Waals surface area contributed by atoms with E-state index in [-0.39, 0.29) is 0 Å². The van der Waals surface area contributed by atoms with Crippen LogP contribution in [0.1, 0.15) is 32.6 Å². The van der Waals surface area contributed by atoms with Gasteiger partial charge in [-0.2, -0.15) is 0 Å².